The van der Waals surface area contributed by atoms with Crippen LogP contribution in [0.15, 0.2) is 18.2 Å². The van der Waals surface area contributed by atoms with Crippen LogP contribution in [0.3, 0.4) is 0 Å². The van der Waals surface area contributed by atoms with Gasteiger partial charge in [0.25, 0.3) is 0 Å². The molecular formula is C10H7F6NO2. The fourth-order valence-electron chi connectivity index (χ4n) is 1.17. The summed E-state index contributed by atoms with van der Waals surface area (Å²) in [5.41, 5.74) is -0.254. The van der Waals surface area contributed by atoms with Gasteiger partial charge in [0.15, 0.2) is 0 Å². The van der Waals surface area contributed by atoms with E-state index in [1.807, 2.05) is 0 Å². The molecule has 1 amide bonds. The maximum Gasteiger partial charge on any atom is 0.573 e. The molecule has 106 valence electrons. The molecule has 9 heteroatoms. The Morgan fingerprint density at radius 2 is 1.74 bits per heavy atom. The Morgan fingerprint density at radius 1 is 1.16 bits per heavy atom. The zero-order valence-electron chi connectivity index (χ0n) is 9.32. The van der Waals surface area contributed by atoms with E-state index < -0.39 is 24.2 Å². The third-order valence-electron chi connectivity index (χ3n) is 1.94. The average molecular weight is 287 g/mol. The molecule has 3 nitrogen and oxygen atoms in total. The SMILES string of the molecule is Cc1cc(OC(F)(F)F)ccc1NC(=O)C(F)(F)F. The van der Waals surface area contributed by atoms with Gasteiger partial charge in [0, 0.05) is 5.69 Å². The molecule has 0 aliphatic carbocycles. The van der Waals surface area contributed by atoms with Crippen molar-refractivity contribution in [2.75, 3.05) is 5.32 Å². The quantitative estimate of drug-likeness (QED) is 0.847. The van der Waals surface area contributed by atoms with Crippen LogP contribution >= 0.6 is 0 Å². The maximum atomic E-state index is 12.0. The van der Waals surface area contributed by atoms with Gasteiger partial charge >= 0.3 is 18.4 Å². The third kappa shape index (κ3) is 4.68. The van der Waals surface area contributed by atoms with Crippen molar-refractivity contribution in [3.8, 4) is 5.75 Å². The molecule has 0 aliphatic rings. The number of benzene rings is 1. The summed E-state index contributed by atoms with van der Waals surface area (Å²) in [6.45, 7) is 1.23. The Labute approximate surface area is 103 Å². The molecule has 0 spiro atoms. The molecule has 0 fully saturated rings. The lowest BCUT2D eigenvalue weighted by atomic mass is 10.2. The highest BCUT2D eigenvalue weighted by Crippen LogP contribution is 2.27. The number of ether oxygens (including phenoxy) is 1. The van der Waals surface area contributed by atoms with Gasteiger partial charge in [0.05, 0.1) is 0 Å². The number of aryl methyl sites for hydroxylation is 1. The Kier molecular flexibility index (Phi) is 3.97. The predicted octanol–water partition coefficient (Wildman–Crippen LogP) is 3.39. The monoisotopic (exact) mass is 287 g/mol. The molecule has 0 aliphatic heterocycles. The van der Waals surface area contributed by atoms with Crippen molar-refractivity contribution < 1.29 is 35.9 Å². The lowest BCUT2D eigenvalue weighted by molar-refractivity contribution is -0.274. The first kappa shape index (κ1) is 15.1. The van der Waals surface area contributed by atoms with E-state index in [-0.39, 0.29) is 11.3 Å². The van der Waals surface area contributed by atoms with Gasteiger partial charge in [-0.25, -0.2) is 0 Å². The van der Waals surface area contributed by atoms with Crippen LogP contribution in [-0.2, 0) is 4.79 Å². The highest BCUT2D eigenvalue weighted by molar-refractivity contribution is 5.95. The standard InChI is InChI=1S/C10H7F6NO2/c1-5-4-6(19-10(14,15)16)2-3-7(5)17-8(18)9(11,12)13/h2-4H,1H3,(H,17,18). The van der Waals surface area contributed by atoms with Crippen LogP contribution in [0.1, 0.15) is 5.56 Å². The second-order valence-corrected chi connectivity index (χ2v) is 3.48. The first-order valence-corrected chi connectivity index (χ1v) is 4.73. The van der Waals surface area contributed by atoms with Crippen molar-refractivity contribution in [2.45, 2.75) is 19.5 Å². The molecule has 0 heterocycles. The fourth-order valence-corrected chi connectivity index (χ4v) is 1.17. The number of amides is 1. The largest absolute Gasteiger partial charge is 0.573 e. The smallest absolute Gasteiger partial charge is 0.406 e. The van der Waals surface area contributed by atoms with E-state index in [0.717, 1.165) is 18.2 Å². The average Bonchev–Trinajstić information content (AvgIpc) is 2.18. The molecule has 0 saturated heterocycles. The Hall–Kier alpha value is -1.93. The number of carbonyl (C=O) groups excluding carboxylic acids is 1. The second kappa shape index (κ2) is 4.98. The van der Waals surface area contributed by atoms with Gasteiger partial charge in [-0.2, -0.15) is 13.2 Å². The third-order valence-corrected chi connectivity index (χ3v) is 1.94. The van der Waals surface area contributed by atoms with Crippen LogP contribution in [0.4, 0.5) is 32.0 Å². The first-order valence-electron chi connectivity index (χ1n) is 4.73. The molecule has 1 aromatic carbocycles. The van der Waals surface area contributed by atoms with Crippen LogP contribution in [0.2, 0.25) is 0 Å². The van der Waals surface area contributed by atoms with Crippen LogP contribution in [0, 0.1) is 6.92 Å². The molecule has 1 rings (SSSR count). The summed E-state index contributed by atoms with van der Waals surface area (Å²) in [4.78, 5) is 10.7. The summed E-state index contributed by atoms with van der Waals surface area (Å²) in [7, 11) is 0. The predicted molar refractivity (Wildman–Crippen MR) is 52.5 cm³/mol. The fraction of sp³-hybridized carbons (Fsp3) is 0.300. The Balaban J connectivity index is 2.87. The van der Waals surface area contributed by atoms with Crippen LogP contribution < -0.4 is 10.1 Å². The number of alkyl halides is 6. The van der Waals surface area contributed by atoms with Crippen molar-refractivity contribution in [3.63, 3.8) is 0 Å². The summed E-state index contributed by atoms with van der Waals surface area (Å²) in [6.07, 6.45) is -9.98. The van der Waals surface area contributed by atoms with E-state index >= 15 is 0 Å². The Morgan fingerprint density at radius 3 is 2.16 bits per heavy atom. The normalized spacial score (nSPS) is 12.2. The zero-order chi connectivity index (χ0) is 14.8. The Bertz CT molecular complexity index is 480. The lowest BCUT2D eigenvalue weighted by Gasteiger charge is -2.13. The van der Waals surface area contributed by atoms with E-state index in [1.165, 1.54) is 12.2 Å². The molecule has 19 heavy (non-hydrogen) atoms. The van der Waals surface area contributed by atoms with E-state index in [4.69, 9.17) is 0 Å². The van der Waals surface area contributed by atoms with Crippen LogP contribution in [0.5, 0.6) is 5.75 Å². The van der Waals surface area contributed by atoms with E-state index in [9.17, 15) is 31.1 Å². The summed E-state index contributed by atoms with van der Waals surface area (Å²) in [5.74, 6) is -2.80. The van der Waals surface area contributed by atoms with Gasteiger partial charge in [0.1, 0.15) is 5.75 Å². The molecule has 0 aromatic heterocycles. The minimum absolute atomic E-state index is 0.000602. The number of halogens is 6. The summed E-state index contributed by atoms with van der Waals surface area (Å²) in [5, 5.41) is 1.54. The minimum atomic E-state index is -5.08. The molecule has 0 bridgehead atoms. The van der Waals surface area contributed by atoms with Gasteiger partial charge in [-0.1, -0.05) is 0 Å². The molecule has 1 N–H and O–H groups in total. The number of nitrogens with one attached hydrogen (secondary N) is 1. The van der Waals surface area contributed by atoms with Crippen LogP contribution in [0.25, 0.3) is 0 Å². The summed E-state index contributed by atoms with van der Waals surface area (Å²) >= 11 is 0. The number of rotatable bonds is 2. The lowest BCUT2D eigenvalue weighted by Crippen LogP contribution is -2.30. The number of hydrogen-bond donors (Lipinski definition) is 1. The second-order valence-electron chi connectivity index (χ2n) is 3.48. The number of anilines is 1. The zero-order valence-corrected chi connectivity index (χ0v) is 9.32. The van der Waals surface area contributed by atoms with Crippen LogP contribution in [-0.4, -0.2) is 18.4 Å². The van der Waals surface area contributed by atoms with Gasteiger partial charge in [-0.05, 0) is 30.7 Å². The van der Waals surface area contributed by atoms with Crippen molar-refractivity contribution in [2.24, 2.45) is 0 Å². The highest BCUT2D eigenvalue weighted by atomic mass is 19.4. The first-order chi connectivity index (χ1) is 8.49. The van der Waals surface area contributed by atoms with Gasteiger partial charge in [-0.15, -0.1) is 13.2 Å². The van der Waals surface area contributed by atoms with Crippen molar-refractivity contribution in [1.29, 1.82) is 0 Å². The van der Waals surface area contributed by atoms with E-state index in [0.29, 0.717) is 0 Å². The molecule has 0 unspecified atom stereocenters. The molecule has 0 saturated carbocycles. The minimum Gasteiger partial charge on any atom is -0.406 e. The van der Waals surface area contributed by atoms with E-state index in [2.05, 4.69) is 4.74 Å². The highest BCUT2D eigenvalue weighted by Gasteiger charge is 2.39. The van der Waals surface area contributed by atoms with Crippen molar-refractivity contribution >= 4 is 11.6 Å². The van der Waals surface area contributed by atoms with Gasteiger partial charge in [0.2, 0.25) is 0 Å². The van der Waals surface area contributed by atoms with Gasteiger partial charge < -0.3 is 10.1 Å². The number of carbonyl (C=O) groups is 1. The topological polar surface area (TPSA) is 38.3 Å². The molecule has 0 atom stereocenters. The van der Waals surface area contributed by atoms with Crippen molar-refractivity contribution in [1.82, 2.24) is 0 Å². The van der Waals surface area contributed by atoms with E-state index in [1.54, 1.807) is 0 Å². The van der Waals surface area contributed by atoms with Crippen molar-refractivity contribution in [3.05, 3.63) is 23.8 Å². The van der Waals surface area contributed by atoms with Gasteiger partial charge in [-0.3, -0.25) is 4.79 Å². The molecule has 0 radical (unpaired) electrons. The maximum absolute atomic E-state index is 12.0. The molecular weight excluding hydrogens is 280 g/mol. The summed E-state index contributed by atoms with van der Waals surface area (Å²) < 4.78 is 75.2. The molecule has 1 aromatic rings. The summed E-state index contributed by atoms with van der Waals surface area (Å²) in [6, 6.07) is 2.55. The number of hydrogen-bond acceptors (Lipinski definition) is 2.